The first kappa shape index (κ1) is 14.4. The molecule has 0 atom stereocenters. The molecular formula is C14H9N3O6. The first-order chi connectivity index (χ1) is 11.0. The summed E-state index contributed by atoms with van der Waals surface area (Å²) >= 11 is 0. The van der Waals surface area contributed by atoms with Gasteiger partial charge in [0.15, 0.2) is 0 Å². The van der Waals surface area contributed by atoms with Crippen LogP contribution in [0.2, 0.25) is 0 Å². The molecule has 23 heavy (non-hydrogen) atoms. The van der Waals surface area contributed by atoms with E-state index in [2.05, 4.69) is 9.97 Å². The minimum Gasteiger partial charge on any atom is -0.493 e. The van der Waals surface area contributed by atoms with Crippen LogP contribution in [0.25, 0.3) is 0 Å². The van der Waals surface area contributed by atoms with Crippen molar-refractivity contribution < 1.29 is 24.3 Å². The van der Waals surface area contributed by atoms with E-state index < -0.39 is 35.6 Å². The topological polar surface area (TPSA) is 130 Å². The summed E-state index contributed by atoms with van der Waals surface area (Å²) in [4.78, 5) is 57.8. The molecule has 0 saturated heterocycles. The maximum Gasteiger partial charge on any atom is 0.338 e. The third-order valence-electron chi connectivity index (χ3n) is 3.20. The van der Waals surface area contributed by atoms with Crippen LogP contribution in [0, 0.1) is 0 Å². The van der Waals surface area contributed by atoms with E-state index in [1.807, 2.05) is 0 Å². The Hall–Kier alpha value is -3.49. The number of benzene rings is 1. The molecule has 1 aliphatic heterocycles. The number of aromatic hydroxyl groups is 1. The second kappa shape index (κ2) is 5.37. The third kappa shape index (κ3) is 2.44. The summed E-state index contributed by atoms with van der Waals surface area (Å²) in [6.07, 6.45) is 0.319. The highest BCUT2D eigenvalue weighted by molar-refractivity contribution is 6.20. The molecule has 2 aromatic rings. The van der Waals surface area contributed by atoms with Crippen LogP contribution in [-0.2, 0) is 16.1 Å². The number of carbonyl (C=O) groups excluding carboxylic acids is 3. The summed E-state index contributed by atoms with van der Waals surface area (Å²) in [7, 11) is 0. The van der Waals surface area contributed by atoms with Crippen molar-refractivity contribution in [3.05, 3.63) is 57.6 Å². The fraction of sp³-hybridized carbons (Fsp3) is 0.0714. The largest absolute Gasteiger partial charge is 0.493 e. The highest BCUT2D eigenvalue weighted by Crippen LogP contribution is 2.23. The molecule has 9 heteroatoms. The average molecular weight is 315 g/mol. The molecule has 0 bridgehead atoms. The smallest absolute Gasteiger partial charge is 0.338 e. The molecule has 1 aromatic carbocycles. The SMILES string of the molecule is O=C(Cc1c(O)nc[nH]c1=O)ON1C(=O)c2ccccc2C1=O. The van der Waals surface area contributed by atoms with Gasteiger partial charge < -0.3 is 14.9 Å². The summed E-state index contributed by atoms with van der Waals surface area (Å²) in [5.74, 6) is -3.24. The number of nitrogens with zero attached hydrogens (tertiary/aromatic N) is 2. The van der Waals surface area contributed by atoms with Gasteiger partial charge in [-0.3, -0.25) is 14.4 Å². The predicted molar refractivity (Wildman–Crippen MR) is 73.3 cm³/mol. The number of imide groups is 1. The van der Waals surface area contributed by atoms with Gasteiger partial charge in [-0.25, -0.2) is 9.78 Å². The van der Waals surface area contributed by atoms with Crippen LogP contribution in [0.3, 0.4) is 0 Å². The van der Waals surface area contributed by atoms with Crippen LogP contribution in [0.5, 0.6) is 5.88 Å². The Morgan fingerprint density at radius 3 is 2.35 bits per heavy atom. The van der Waals surface area contributed by atoms with Gasteiger partial charge in [0, 0.05) is 0 Å². The molecule has 2 heterocycles. The lowest BCUT2D eigenvalue weighted by Gasteiger charge is -2.12. The third-order valence-corrected chi connectivity index (χ3v) is 3.20. The summed E-state index contributed by atoms with van der Waals surface area (Å²) in [6, 6.07) is 6.01. The van der Waals surface area contributed by atoms with E-state index in [0.717, 1.165) is 6.33 Å². The fourth-order valence-electron chi connectivity index (χ4n) is 2.11. The molecule has 3 rings (SSSR count). The van der Waals surface area contributed by atoms with Crippen molar-refractivity contribution in [1.82, 2.24) is 15.0 Å². The second-order valence-electron chi connectivity index (χ2n) is 4.62. The van der Waals surface area contributed by atoms with E-state index in [1.165, 1.54) is 12.1 Å². The number of carbonyl (C=O) groups is 3. The van der Waals surface area contributed by atoms with Crippen LogP contribution in [0.4, 0.5) is 0 Å². The molecular weight excluding hydrogens is 306 g/mol. The maximum absolute atomic E-state index is 12.0. The van der Waals surface area contributed by atoms with Crippen molar-refractivity contribution in [3.63, 3.8) is 0 Å². The van der Waals surface area contributed by atoms with E-state index in [1.54, 1.807) is 12.1 Å². The molecule has 9 nitrogen and oxygen atoms in total. The number of fused-ring (bicyclic) bond motifs is 1. The maximum atomic E-state index is 12.0. The second-order valence-corrected chi connectivity index (χ2v) is 4.62. The van der Waals surface area contributed by atoms with E-state index in [-0.39, 0.29) is 16.7 Å². The molecule has 116 valence electrons. The molecule has 0 unspecified atom stereocenters. The molecule has 2 amide bonds. The Bertz CT molecular complexity index is 853. The number of hydrogen-bond acceptors (Lipinski definition) is 7. The first-order valence-corrected chi connectivity index (χ1v) is 6.43. The monoisotopic (exact) mass is 315 g/mol. The Morgan fingerprint density at radius 1 is 1.17 bits per heavy atom. The number of aromatic nitrogens is 2. The standard InChI is InChI=1S/C14H9N3O6/c18-10(5-9-11(19)15-6-16-12(9)20)23-17-13(21)7-3-1-2-4-8(7)14(17)22/h1-4,6H,5H2,(H2,15,16,19,20). The normalized spacial score (nSPS) is 13.1. The van der Waals surface area contributed by atoms with Crippen molar-refractivity contribution in [2.24, 2.45) is 0 Å². The summed E-state index contributed by atoms with van der Waals surface area (Å²) in [6.45, 7) is 0. The van der Waals surface area contributed by atoms with Crippen molar-refractivity contribution >= 4 is 17.8 Å². The van der Waals surface area contributed by atoms with Crippen LogP contribution in [0.15, 0.2) is 35.4 Å². The Balaban J connectivity index is 1.79. The lowest BCUT2D eigenvalue weighted by Crippen LogP contribution is -2.33. The average Bonchev–Trinajstić information content (AvgIpc) is 2.77. The van der Waals surface area contributed by atoms with Gasteiger partial charge in [-0.1, -0.05) is 17.2 Å². The fourth-order valence-corrected chi connectivity index (χ4v) is 2.11. The Labute approximate surface area is 128 Å². The first-order valence-electron chi connectivity index (χ1n) is 6.43. The molecule has 0 spiro atoms. The highest BCUT2D eigenvalue weighted by Gasteiger charge is 2.38. The van der Waals surface area contributed by atoms with E-state index in [0.29, 0.717) is 5.06 Å². The molecule has 0 radical (unpaired) electrons. The molecule has 0 fully saturated rings. The molecule has 0 aliphatic carbocycles. The van der Waals surface area contributed by atoms with Crippen LogP contribution < -0.4 is 5.56 Å². The summed E-state index contributed by atoms with van der Waals surface area (Å²) in [5, 5.41) is 9.79. The van der Waals surface area contributed by atoms with Crippen LogP contribution in [0.1, 0.15) is 26.3 Å². The minimum absolute atomic E-state index is 0.118. The Kier molecular flexibility index (Phi) is 3.37. The number of hydroxylamine groups is 2. The van der Waals surface area contributed by atoms with Crippen molar-refractivity contribution in [3.8, 4) is 5.88 Å². The number of aromatic amines is 1. The van der Waals surface area contributed by atoms with E-state index >= 15 is 0 Å². The van der Waals surface area contributed by atoms with Gasteiger partial charge in [-0.2, -0.15) is 0 Å². The van der Waals surface area contributed by atoms with E-state index in [9.17, 15) is 24.3 Å². The quantitative estimate of drug-likeness (QED) is 0.748. The van der Waals surface area contributed by atoms with Gasteiger partial charge >= 0.3 is 5.97 Å². The van der Waals surface area contributed by atoms with Gasteiger partial charge in [0.2, 0.25) is 5.88 Å². The van der Waals surface area contributed by atoms with Gasteiger partial charge in [0.1, 0.15) is 0 Å². The number of H-pyrrole nitrogens is 1. The van der Waals surface area contributed by atoms with Gasteiger partial charge in [-0.05, 0) is 12.1 Å². The zero-order chi connectivity index (χ0) is 16.6. The van der Waals surface area contributed by atoms with Crippen molar-refractivity contribution in [2.75, 3.05) is 0 Å². The van der Waals surface area contributed by atoms with Gasteiger partial charge in [0.05, 0.1) is 29.4 Å². The number of hydrogen-bond donors (Lipinski definition) is 2. The Morgan fingerprint density at radius 2 is 1.78 bits per heavy atom. The van der Waals surface area contributed by atoms with Crippen molar-refractivity contribution in [2.45, 2.75) is 6.42 Å². The zero-order valence-electron chi connectivity index (χ0n) is 11.5. The van der Waals surface area contributed by atoms with Crippen LogP contribution in [-0.4, -0.2) is 37.9 Å². The van der Waals surface area contributed by atoms with Crippen LogP contribution >= 0.6 is 0 Å². The molecule has 2 N–H and O–H groups in total. The lowest BCUT2D eigenvalue weighted by molar-refractivity contribution is -0.167. The number of amides is 2. The number of rotatable bonds is 3. The zero-order valence-corrected chi connectivity index (χ0v) is 11.5. The molecule has 1 aliphatic rings. The summed E-state index contributed by atoms with van der Waals surface area (Å²) in [5.41, 5.74) is -0.814. The van der Waals surface area contributed by atoms with Gasteiger partial charge in [-0.15, -0.1) is 0 Å². The van der Waals surface area contributed by atoms with E-state index in [4.69, 9.17) is 4.84 Å². The van der Waals surface area contributed by atoms with Crippen molar-refractivity contribution in [1.29, 1.82) is 0 Å². The summed E-state index contributed by atoms with van der Waals surface area (Å²) < 4.78 is 0. The highest BCUT2D eigenvalue weighted by atomic mass is 16.7. The lowest BCUT2D eigenvalue weighted by atomic mass is 10.1. The number of nitrogens with one attached hydrogen (secondary N) is 1. The molecule has 0 saturated carbocycles. The van der Waals surface area contributed by atoms with Gasteiger partial charge in [0.25, 0.3) is 17.4 Å². The minimum atomic E-state index is -1.06. The predicted octanol–water partition coefficient (Wildman–Crippen LogP) is -0.228. The molecule has 1 aromatic heterocycles.